The molecule has 2 aliphatic carbocycles. The van der Waals surface area contributed by atoms with Crippen molar-refractivity contribution in [3.8, 4) is 11.8 Å². The molecule has 0 aromatic heterocycles. The minimum Gasteiger partial charge on any atom is -0.396 e. The topological polar surface area (TPSA) is 107 Å². The second kappa shape index (κ2) is 16.0. The van der Waals surface area contributed by atoms with E-state index in [1.54, 1.807) is 0 Å². The van der Waals surface area contributed by atoms with Gasteiger partial charge >= 0.3 is 0 Å². The van der Waals surface area contributed by atoms with E-state index in [4.69, 9.17) is 4.74 Å². The predicted molar refractivity (Wildman–Crippen MR) is 167 cm³/mol. The third-order valence-corrected chi connectivity index (χ3v) is 9.87. The maximum absolute atomic E-state index is 12.3. The standard InChI is InChI=1S/C36H52O6/c1-26-11-5-6-22-42-25-30(15-8-14-27(2)13-7-12-26)31-18-19-36(34(31)40)32(17-10-21-38)33(28(3)24-39)29(16-9-20-37)23-35(36,4)41/h8,12,14-15,24,29,31-32,34,37-38,40-41H,2,7,9-11,13,16-23,25H2,1,3-4H3/b14-8+,26-12+,30-15-,33-28+/t29-,31-,32-,34-,35-,36-/m1/s1. The first-order chi connectivity index (χ1) is 20.1. The highest BCUT2D eigenvalue weighted by Crippen LogP contribution is 2.64. The zero-order valence-electron chi connectivity index (χ0n) is 25.9. The zero-order chi connectivity index (χ0) is 30.8. The summed E-state index contributed by atoms with van der Waals surface area (Å²) >= 11 is 0. The van der Waals surface area contributed by atoms with Gasteiger partial charge in [-0.05, 0) is 102 Å². The first-order valence-corrected chi connectivity index (χ1v) is 15.6. The van der Waals surface area contributed by atoms with Gasteiger partial charge in [0.25, 0.3) is 0 Å². The molecule has 2 fully saturated rings. The van der Waals surface area contributed by atoms with Gasteiger partial charge in [-0.25, -0.2) is 0 Å². The molecule has 0 saturated heterocycles. The van der Waals surface area contributed by atoms with Crippen LogP contribution in [-0.4, -0.2) is 64.8 Å². The summed E-state index contributed by atoms with van der Waals surface area (Å²) in [7, 11) is 0. The second-order valence-electron chi connectivity index (χ2n) is 12.7. The fraction of sp³-hybridized carbons (Fsp3) is 0.639. The lowest BCUT2D eigenvalue weighted by atomic mass is 9.49. The van der Waals surface area contributed by atoms with Crippen LogP contribution in [0, 0.1) is 35.0 Å². The molecule has 0 unspecified atom stereocenters. The van der Waals surface area contributed by atoms with Gasteiger partial charge in [-0.1, -0.05) is 59.4 Å². The fourth-order valence-corrected chi connectivity index (χ4v) is 7.82. The van der Waals surface area contributed by atoms with Gasteiger partial charge in [-0.2, -0.15) is 0 Å². The van der Waals surface area contributed by atoms with Crippen LogP contribution in [-0.2, 0) is 9.53 Å². The first-order valence-electron chi connectivity index (χ1n) is 15.6. The molecule has 42 heavy (non-hydrogen) atoms. The number of carbonyl (C=O) groups excluding carboxylic acids is 1. The molecule has 6 heteroatoms. The highest BCUT2D eigenvalue weighted by molar-refractivity contribution is 5.74. The molecule has 232 valence electrons. The molecule has 1 spiro atoms. The summed E-state index contributed by atoms with van der Waals surface area (Å²) in [5.41, 5.74) is 2.71. The summed E-state index contributed by atoms with van der Waals surface area (Å²) in [6.07, 6.45) is 14.6. The lowest BCUT2D eigenvalue weighted by Crippen LogP contribution is -2.61. The van der Waals surface area contributed by atoms with Gasteiger partial charge in [-0.3, -0.25) is 4.79 Å². The molecule has 1 aliphatic heterocycles. The Labute approximate surface area is 252 Å². The molecule has 2 saturated carbocycles. The fourth-order valence-electron chi connectivity index (χ4n) is 7.82. The van der Waals surface area contributed by atoms with Crippen LogP contribution in [0.1, 0.15) is 85.0 Å². The number of carbonyl (C=O) groups is 1. The van der Waals surface area contributed by atoms with Gasteiger partial charge in [0, 0.05) is 31.0 Å². The van der Waals surface area contributed by atoms with Crippen LogP contribution in [0.5, 0.6) is 0 Å². The molecule has 0 aromatic carbocycles. The quantitative estimate of drug-likeness (QED) is 0.133. The van der Waals surface area contributed by atoms with Crippen molar-refractivity contribution in [2.75, 3.05) is 26.4 Å². The Hall–Kier alpha value is -2.27. The van der Waals surface area contributed by atoms with Crippen molar-refractivity contribution >= 4 is 6.29 Å². The van der Waals surface area contributed by atoms with E-state index in [-0.39, 0.29) is 31.0 Å². The summed E-state index contributed by atoms with van der Waals surface area (Å²) in [5, 5.41) is 43.9. The number of hydrogen-bond acceptors (Lipinski definition) is 6. The van der Waals surface area contributed by atoms with E-state index in [9.17, 15) is 25.2 Å². The van der Waals surface area contributed by atoms with Crippen molar-refractivity contribution in [3.63, 3.8) is 0 Å². The number of allylic oxidation sites excluding steroid dienone is 8. The number of ether oxygens (including phenoxy) is 1. The number of aldehydes is 1. The van der Waals surface area contributed by atoms with Gasteiger partial charge in [0.15, 0.2) is 0 Å². The molecular weight excluding hydrogens is 528 g/mol. The number of rotatable bonds is 8. The highest BCUT2D eigenvalue weighted by Gasteiger charge is 2.65. The van der Waals surface area contributed by atoms with Crippen molar-refractivity contribution in [2.24, 2.45) is 23.2 Å². The Morgan fingerprint density at radius 3 is 2.67 bits per heavy atom. The van der Waals surface area contributed by atoms with Crippen molar-refractivity contribution < 1.29 is 30.0 Å². The van der Waals surface area contributed by atoms with Crippen molar-refractivity contribution in [1.29, 1.82) is 0 Å². The molecule has 0 bridgehead atoms. The van der Waals surface area contributed by atoms with Gasteiger partial charge in [-0.15, -0.1) is 0 Å². The molecule has 1 heterocycles. The van der Waals surface area contributed by atoms with Crippen molar-refractivity contribution in [1.82, 2.24) is 0 Å². The van der Waals surface area contributed by atoms with Crippen LogP contribution in [0.2, 0.25) is 0 Å². The molecule has 4 N–H and O–H groups in total. The van der Waals surface area contributed by atoms with Crippen molar-refractivity contribution in [3.05, 3.63) is 58.7 Å². The van der Waals surface area contributed by atoms with Crippen molar-refractivity contribution in [2.45, 2.75) is 96.7 Å². The molecule has 0 aromatic rings. The van der Waals surface area contributed by atoms with Gasteiger partial charge < -0.3 is 25.2 Å². The highest BCUT2D eigenvalue weighted by atomic mass is 16.5. The number of aliphatic hydroxyl groups excluding tert-OH is 3. The SMILES string of the molecule is C=C1/C=C/C=C(\[C@H]2CC[C@@]3([C@H](CCCO)/C(=C(\C)C=O)[C@H](CCCO)C[C@@]3(C)O)[C@@H]2O)COCC#CC/C(C)=C/CC1. The van der Waals surface area contributed by atoms with E-state index in [0.29, 0.717) is 70.2 Å². The van der Waals surface area contributed by atoms with E-state index in [2.05, 4.69) is 31.4 Å². The monoisotopic (exact) mass is 580 g/mol. The summed E-state index contributed by atoms with van der Waals surface area (Å²) in [6.45, 7) is 10.6. The number of aliphatic hydroxyl groups is 4. The first kappa shape index (κ1) is 34.2. The van der Waals surface area contributed by atoms with E-state index < -0.39 is 17.1 Å². The second-order valence-corrected chi connectivity index (χ2v) is 12.7. The Kier molecular flexibility index (Phi) is 13.0. The molecule has 0 amide bonds. The predicted octanol–water partition coefficient (Wildman–Crippen LogP) is 5.38. The Bertz CT molecular complexity index is 1130. The van der Waals surface area contributed by atoms with Gasteiger partial charge in [0.2, 0.25) is 0 Å². The van der Waals surface area contributed by atoms with Crippen LogP contribution in [0.15, 0.2) is 58.7 Å². The minimum atomic E-state index is -1.21. The third kappa shape index (κ3) is 7.81. The zero-order valence-corrected chi connectivity index (χ0v) is 25.9. The third-order valence-electron chi connectivity index (χ3n) is 9.87. The lowest BCUT2D eigenvalue weighted by Gasteiger charge is -2.58. The summed E-state index contributed by atoms with van der Waals surface area (Å²) in [5.74, 6) is 5.68. The molecular formula is C36H52O6. The molecule has 6 atom stereocenters. The van der Waals surface area contributed by atoms with Crippen LogP contribution in [0.3, 0.4) is 0 Å². The minimum absolute atomic E-state index is 0.00722. The van der Waals surface area contributed by atoms with Gasteiger partial charge in [0.05, 0.1) is 18.3 Å². The molecule has 3 rings (SSSR count). The average Bonchev–Trinajstić information content (AvgIpc) is 3.30. The van der Waals surface area contributed by atoms with Crippen LogP contribution in [0.4, 0.5) is 0 Å². The van der Waals surface area contributed by atoms with E-state index in [1.807, 2.05) is 32.1 Å². The summed E-state index contributed by atoms with van der Waals surface area (Å²) in [4.78, 5) is 12.2. The Morgan fingerprint density at radius 2 is 1.95 bits per heavy atom. The summed E-state index contributed by atoms with van der Waals surface area (Å²) in [6, 6.07) is 0. The maximum atomic E-state index is 12.3. The lowest BCUT2D eigenvalue weighted by molar-refractivity contribution is -0.177. The average molecular weight is 581 g/mol. The van der Waals surface area contributed by atoms with E-state index in [0.717, 1.165) is 35.8 Å². The normalized spacial score (nSPS) is 37.4. The van der Waals surface area contributed by atoms with E-state index in [1.165, 1.54) is 5.57 Å². The number of hydrogen-bond donors (Lipinski definition) is 4. The molecule has 0 radical (unpaired) electrons. The van der Waals surface area contributed by atoms with Crippen LogP contribution in [0.25, 0.3) is 0 Å². The maximum Gasteiger partial charge on any atom is 0.145 e. The molecule has 3 aliphatic rings. The molecule has 6 nitrogen and oxygen atoms in total. The van der Waals surface area contributed by atoms with Gasteiger partial charge in [0.1, 0.15) is 12.9 Å². The smallest absolute Gasteiger partial charge is 0.145 e. The van der Waals surface area contributed by atoms with E-state index >= 15 is 0 Å². The largest absolute Gasteiger partial charge is 0.396 e. The Balaban J connectivity index is 2.02. The Morgan fingerprint density at radius 1 is 1.21 bits per heavy atom. The van der Waals surface area contributed by atoms with Crippen LogP contribution < -0.4 is 0 Å². The van der Waals surface area contributed by atoms with Crippen LogP contribution >= 0.6 is 0 Å². The summed E-state index contributed by atoms with van der Waals surface area (Å²) < 4.78 is 6.00.